The van der Waals surface area contributed by atoms with Crippen LogP contribution in [-0.4, -0.2) is 37.2 Å². The van der Waals surface area contributed by atoms with E-state index in [2.05, 4.69) is 27.7 Å². The molecule has 0 bridgehead atoms. The van der Waals surface area contributed by atoms with Crippen LogP contribution in [0.2, 0.25) is 0 Å². The molecule has 0 N–H and O–H groups in total. The lowest BCUT2D eigenvalue weighted by molar-refractivity contribution is -0.167. The number of ether oxygens (including phenoxy) is 3. The molecule has 0 heterocycles. The zero-order chi connectivity index (χ0) is 36.0. The van der Waals surface area contributed by atoms with Crippen LogP contribution in [-0.2, 0) is 28.6 Å². The van der Waals surface area contributed by atoms with Crippen LogP contribution in [0.5, 0.6) is 0 Å². The minimum atomic E-state index is -0.757. The maximum absolute atomic E-state index is 12.6. The summed E-state index contributed by atoms with van der Waals surface area (Å²) in [5.74, 6) is -0.0972. The number of carbonyl (C=O) groups is 3. The van der Waals surface area contributed by atoms with Crippen LogP contribution in [0.4, 0.5) is 0 Å². The highest BCUT2D eigenvalue weighted by molar-refractivity contribution is 5.71. The van der Waals surface area contributed by atoms with Gasteiger partial charge >= 0.3 is 17.9 Å². The van der Waals surface area contributed by atoms with E-state index in [9.17, 15) is 14.4 Å². The second-order valence-electron chi connectivity index (χ2n) is 15.1. The van der Waals surface area contributed by atoms with Gasteiger partial charge in [-0.3, -0.25) is 14.4 Å². The van der Waals surface area contributed by atoms with Crippen molar-refractivity contribution in [2.45, 2.75) is 239 Å². The molecule has 0 aromatic heterocycles. The van der Waals surface area contributed by atoms with Gasteiger partial charge in [0.25, 0.3) is 0 Å². The first-order valence-electron chi connectivity index (χ1n) is 21.4. The second-order valence-corrected chi connectivity index (χ2v) is 15.1. The van der Waals surface area contributed by atoms with Gasteiger partial charge in [0.2, 0.25) is 0 Å². The van der Waals surface area contributed by atoms with E-state index < -0.39 is 6.10 Å². The molecule has 0 aliphatic carbocycles. The van der Waals surface area contributed by atoms with Crippen molar-refractivity contribution in [1.29, 1.82) is 0 Å². The van der Waals surface area contributed by atoms with Gasteiger partial charge in [0, 0.05) is 19.3 Å². The predicted molar refractivity (Wildman–Crippen MR) is 206 cm³/mol. The summed E-state index contributed by atoms with van der Waals surface area (Å²) in [6, 6.07) is 0. The van der Waals surface area contributed by atoms with Gasteiger partial charge in [0.15, 0.2) is 6.10 Å². The SMILES string of the molecule is CCCCCCCCCCCCCCCCCCC(=O)OC[C@@H](COC(=O)CCCCCCC)OC(=O)CCCCCCCCCC(C)C. The van der Waals surface area contributed by atoms with Gasteiger partial charge in [-0.2, -0.15) is 0 Å². The third-order valence-electron chi connectivity index (χ3n) is 9.54. The molecule has 0 amide bonds. The van der Waals surface area contributed by atoms with Crippen molar-refractivity contribution >= 4 is 17.9 Å². The summed E-state index contributed by atoms with van der Waals surface area (Å²) >= 11 is 0. The third-order valence-corrected chi connectivity index (χ3v) is 9.54. The number of hydrogen-bond acceptors (Lipinski definition) is 6. The van der Waals surface area contributed by atoms with Crippen LogP contribution in [0.15, 0.2) is 0 Å². The van der Waals surface area contributed by atoms with Crippen molar-refractivity contribution in [2.75, 3.05) is 13.2 Å². The molecule has 0 aliphatic heterocycles. The molecule has 0 saturated heterocycles. The van der Waals surface area contributed by atoms with Gasteiger partial charge in [0.1, 0.15) is 13.2 Å². The summed E-state index contributed by atoms with van der Waals surface area (Å²) in [7, 11) is 0. The zero-order valence-electron chi connectivity index (χ0n) is 33.1. The van der Waals surface area contributed by atoms with E-state index in [4.69, 9.17) is 14.2 Å². The molecule has 290 valence electrons. The Morgan fingerprint density at radius 3 is 1.00 bits per heavy atom. The van der Waals surface area contributed by atoms with Gasteiger partial charge in [-0.1, -0.05) is 195 Å². The van der Waals surface area contributed by atoms with Crippen LogP contribution < -0.4 is 0 Å². The average Bonchev–Trinajstić information content (AvgIpc) is 3.08. The molecule has 49 heavy (non-hydrogen) atoms. The highest BCUT2D eigenvalue weighted by Gasteiger charge is 2.19. The van der Waals surface area contributed by atoms with Crippen molar-refractivity contribution in [1.82, 2.24) is 0 Å². The number of carbonyl (C=O) groups excluding carboxylic acids is 3. The van der Waals surface area contributed by atoms with E-state index in [1.165, 1.54) is 122 Å². The Balaban J connectivity index is 4.17. The fraction of sp³-hybridized carbons (Fsp3) is 0.930. The van der Waals surface area contributed by atoms with Crippen LogP contribution in [0, 0.1) is 5.92 Å². The Kier molecular flexibility index (Phi) is 36.4. The summed E-state index contributed by atoms with van der Waals surface area (Å²) < 4.78 is 16.6. The molecule has 0 rings (SSSR count). The molecule has 0 spiro atoms. The molecule has 0 radical (unpaired) electrons. The van der Waals surface area contributed by atoms with Gasteiger partial charge < -0.3 is 14.2 Å². The van der Waals surface area contributed by atoms with Crippen LogP contribution in [0.1, 0.15) is 233 Å². The molecule has 6 nitrogen and oxygen atoms in total. The van der Waals surface area contributed by atoms with Crippen molar-refractivity contribution in [2.24, 2.45) is 5.92 Å². The van der Waals surface area contributed by atoms with Gasteiger partial charge in [-0.15, -0.1) is 0 Å². The van der Waals surface area contributed by atoms with Gasteiger partial charge in [-0.05, 0) is 25.2 Å². The van der Waals surface area contributed by atoms with Crippen molar-refractivity contribution < 1.29 is 28.6 Å². The first-order chi connectivity index (χ1) is 23.9. The standard InChI is InChI=1S/C43H82O6/c1-5-7-9-11-12-13-14-15-16-17-18-19-20-23-27-31-35-42(45)48-38-40(37-47-41(44)34-30-25-10-8-6-2)49-43(46)36-32-28-24-21-22-26-29-33-39(3)4/h39-40H,5-38H2,1-4H3/t40-/m1/s1. The molecular formula is C43H82O6. The Labute approximate surface area is 304 Å². The minimum Gasteiger partial charge on any atom is -0.462 e. The molecule has 0 aromatic rings. The summed E-state index contributed by atoms with van der Waals surface area (Å²) in [6.07, 6.45) is 35.5. The monoisotopic (exact) mass is 695 g/mol. The topological polar surface area (TPSA) is 78.9 Å². The van der Waals surface area contributed by atoms with E-state index in [1.807, 2.05) is 0 Å². The predicted octanol–water partition coefficient (Wildman–Crippen LogP) is 13.2. The fourth-order valence-electron chi connectivity index (χ4n) is 6.27. The van der Waals surface area contributed by atoms with E-state index in [-0.39, 0.29) is 31.1 Å². The van der Waals surface area contributed by atoms with Gasteiger partial charge in [-0.25, -0.2) is 0 Å². The maximum Gasteiger partial charge on any atom is 0.306 e. The second kappa shape index (κ2) is 37.7. The molecule has 0 unspecified atom stereocenters. The number of unbranched alkanes of at least 4 members (excludes halogenated alkanes) is 25. The van der Waals surface area contributed by atoms with Crippen LogP contribution in [0.25, 0.3) is 0 Å². The number of esters is 3. The molecule has 1 atom stereocenters. The lowest BCUT2D eigenvalue weighted by Gasteiger charge is -2.18. The minimum absolute atomic E-state index is 0.0659. The quantitative estimate of drug-likeness (QED) is 0.0364. The molecule has 0 fully saturated rings. The normalized spacial score (nSPS) is 11.9. The summed E-state index contributed by atoms with van der Waals surface area (Å²) in [5, 5.41) is 0. The van der Waals surface area contributed by atoms with Crippen molar-refractivity contribution in [3.8, 4) is 0 Å². The Morgan fingerprint density at radius 2 is 0.673 bits per heavy atom. The molecule has 0 aromatic carbocycles. The lowest BCUT2D eigenvalue weighted by Crippen LogP contribution is -2.30. The highest BCUT2D eigenvalue weighted by Crippen LogP contribution is 2.16. The average molecular weight is 695 g/mol. The number of hydrogen-bond donors (Lipinski definition) is 0. The third kappa shape index (κ3) is 37.5. The summed E-state index contributed by atoms with van der Waals surface area (Å²) in [4.78, 5) is 37.3. The van der Waals surface area contributed by atoms with E-state index in [1.54, 1.807) is 0 Å². The lowest BCUT2D eigenvalue weighted by atomic mass is 10.0. The smallest absolute Gasteiger partial charge is 0.306 e. The van der Waals surface area contributed by atoms with E-state index >= 15 is 0 Å². The molecule has 0 saturated carbocycles. The van der Waals surface area contributed by atoms with Crippen molar-refractivity contribution in [3.05, 3.63) is 0 Å². The van der Waals surface area contributed by atoms with E-state index in [0.29, 0.717) is 19.3 Å². The Morgan fingerprint density at radius 1 is 0.388 bits per heavy atom. The Hall–Kier alpha value is -1.59. The maximum atomic E-state index is 12.6. The first-order valence-corrected chi connectivity index (χ1v) is 21.4. The fourth-order valence-corrected chi connectivity index (χ4v) is 6.27. The van der Waals surface area contributed by atoms with Crippen molar-refractivity contribution in [3.63, 3.8) is 0 Å². The van der Waals surface area contributed by atoms with Crippen LogP contribution in [0.3, 0.4) is 0 Å². The van der Waals surface area contributed by atoms with Crippen LogP contribution >= 0.6 is 0 Å². The van der Waals surface area contributed by atoms with E-state index in [0.717, 1.165) is 70.1 Å². The number of rotatable bonds is 38. The molecular weight excluding hydrogens is 612 g/mol. The largest absolute Gasteiger partial charge is 0.462 e. The molecule has 6 heteroatoms. The highest BCUT2D eigenvalue weighted by atomic mass is 16.6. The summed E-state index contributed by atoms with van der Waals surface area (Å²) in [6.45, 7) is 8.85. The Bertz CT molecular complexity index is 736. The first kappa shape index (κ1) is 47.4. The molecule has 0 aliphatic rings. The van der Waals surface area contributed by atoms with Gasteiger partial charge in [0.05, 0.1) is 0 Å². The summed E-state index contributed by atoms with van der Waals surface area (Å²) in [5.41, 5.74) is 0. The zero-order valence-corrected chi connectivity index (χ0v) is 33.1.